The highest BCUT2D eigenvalue weighted by atomic mass is 16.3. The summed E-state index contributed by atoms with van der Waals surface area (Å²) in [6.45, 7) is 4.44. The van der Waals surface area contributed by atoms with Gasteiger partial charge in [-0.15, -0.1) is 0 Å². The molecule has 0 aromatic carbocycles. The van der Waals surface area contributed by atoms with E-state index >= 15 is 0 Å². The van der Waals surface area contributed by atoms with E-state index in [0.29, 0.717) is 12.1 Å². The Bertz CT molecular complexity index is 277. The lowest BCUT2D eigenvalue weighted by atomic mass is 10.1. The highest BCUT2D eigenvalue weighted by Gasteiger charge is 2.31. The first-order chi connectivity index (χ1) is 7.31. The highest BCUT2D eigenvalue weighted by molar-refractivity contribution is 5.04. The van der Waals surface area contributed by atoms with Gasteiger partial charge in [0.05, 0.1) is 12.3 Å². The van der Waals surface area contributed by atoms with Crippen LogP contribution in [-0.4, -0.2) is 6.04 Å². The van der Waals surface area contributed by atoms with Crippen LogP contribution in [0.3, 0.4) is 0 Å². The van der Waals surface area contributed by atoms with E-state index in [1.54, 1.807) is 6.26 Å². The molecule has 2 nitrogen and oxygen atoms in total. The van der Waals surface area contributed by atoms with Crippen LogP contribution in [0.25, 0.3) is 0 Å². The van der Waals surface area contributed by atoms with E-state index in [4.69, 9.17) is 4.42 Å². The fourth-order valence-electron chi connectivity index (χ4n) is 2.21. The maximum absolute atomic E-state index is 5.41. The van der Waals surface area contributed by atoms with Crippen molar-refractivity contribution in [2.24, 2.45) is 5.92 Å². The maximum atomic E-state index is 5.41. The molecule has 1 fully saturated rings. The van der Waals surface area contributed by atoms with Gasteiger partial charge in [0.15, 0.2) is 0 Å². The maximum Gasteiger partial charge on any atom is 0.120 e. The van der Waals surface area contributed by atoms with Crippen molar-refractivity contribution in [3.05, 3.63) is 24.2 Å². The van der Waals surface area contributed by atoms with Crippen LogP contribution < -0.4 is 5.32 Å². The lowest BCUT2D eigenvalue weighted by molar-refractivity contribution is 0.351. The van der Waals surface area contributed by atoms with E-state index in [9.17, 15) is 0 Å². The molecule has 2 rings (SSSR count). The van der Waals surface area contributed by atoms with E-state index in [1.165, 1.54) is 25.7 Å². The third kappa shape index (κ3) is 2.85. The molecule has 1 aliphatic rings. The van der Waals surface area contributed by atoms with Crippen molar-refractivity contribution < 1.29 is 4.42 Å². The summed E-state index contributed by atoms with van der Waals surface area (Å²) in [4.78, 5) is 0. The van der Waals surface area contributed by atoms with Crippen LogP contribution >= 0.6 is 0 Å². The lowest BCUT2D eigenvalue weighted by Gasteiger charge is -2.21. The Balaban J connectivity index is 1.88. The van der Waals surface area contributed by atoms with Gasteiger partial charge in [-0.1, -0.05) is 13.3 Å². The summed E-state index contributed by atoms with van der Waals surface area (Å²) in [7, 11) is 0. The second-order valence-electron chi connectivity index (χ2n) is 4.64. The molecule has 1 N–H and O–H groups in total. The second-order valence-corrected chi connectivity index (χ2v) is 4.64. The second kappa shape index (κ2) is 4.84. The van der Waals surface area contributed by atoms with E-state index < -0.39 is 0 Å². The average Bonchev–Trinajstić information content (AvgIpc) is 2.92. The summed E-state index contributed by atoms with van der Waals surface area (Å²) in [5.41, 5.74) is 0. The largest absolute Gasteiger partial charge is 0.468 e. The molecular weight excluding hydrogens is 186 g/mol. The van der Waals surface area contributed by atoms with Gasteiger partial charge in [0.2, 0.25) is 0 Å². The van der Waals surface area contributed by atoms with Crippen molar-refractivity contribution in [1.29, 1.82) is 0 Å². The van der Waals surface area contributed by atoms with Gasteiger partial charge in [-0.25, -0.2) is 0 Å². The zero-order valence-electron chi connectivity index (χ0n) is 9.70. The van der Waals surface area contributed by atoms with Crippen molar-refractivity contribution in [2.75, 3.05) is 0 Å². The molecule has 15 heavy (non-hydrogen) atoms. The standard InChI is InChI=1S/C13H21NO/c1-3-5-12(11-7-8-11)14-10(2)13-6-4-9-15-13/h4,6,9-12,14H,3,5,7-8H2,1-2H3. The molecule has 84 valence electrons. The van der Waals surface area contributed by atoms with Crippen molar-refractivity contribution in [2.45, 2.75) is 51.6 Å². The first-order valence-corrected chi connectivity index (χ1v) is 6.10. The van der Waals surface area contributed by atoms with Gasteiger partial charge in [0.25, 0.3) is 0 Å². The molecule has 0 spiro atoms. The quantitative estimate of drug-likeness (QED) is 0.772. The third-order valence-corrected chi connectivity index (χ3v) is 3.22. The lowest BCUT2D eigenvalue weighted by Crippen LogP contribution is -2.33. The van der Waals surface area contributed by atoms with Gasteiger partial charge < -0.3 is 9.73 Å². The molecule has 1 saturated carbocycles. The minimum Gasteiger partial charge on any atom is -0.468 e. The molecule has 0 amide bonds. The molecule has 1 heterocycles. The zero-order chi connectivity index (χ0) is 10.7. The van der Waals surface area contributed by atoms with Gasteiger partial charge >= 0.3 is 0 Å². The Labute approximate surface area is 92.1 Å². The SMILES string of the molecule is CCCC(NC(C)c1ccco1)C1CC1. The molecule has 0 saturated heterocycles. The van der Waals surface area contributed by atoms with Crippen LogP contribution in [0, 0.1) is 5.92 Å². The number of hydrogen-bond acceptors (Lipinski definition) is 2. The number of rotatable bonds is 6. The molecule has 0 aliphatic heterocycles. The van der Waals surface area contributed by atoms with E-state index in [1.807, 2.05) is 12.1 Å². The summed E-state index contributed by atoms with van der Waals surface area (Å²) in [6.07, 6.45) is 7.11. The highest BCUT2D eigenvalue weighted by Crippen LogP contribution is 2.35. The molecule has 2 heteroatoms. The monoisotopic (exact) mass is 207 g/mol. The Morgan fingerprint density at radius 1 is 1.53 bits per heavy atom. The predicted molar refractivity (Wildman–Crippen MR) is 61.7 cm³/mol. The van der Waals surface area contributed by atoms with Crippen LogP contribution in [0.5, 0.6) is 0 Å². The molecule has 0 bridgehead atoms. The van der Waals surface area contributed by atoms with Crippen molar-refractivity contribution in [1.82, 2.24) is 5.32 Å². The van der Waals surface area contributed by atoms with E-state index in [-0.39, 0.29) is 0 Å². The molecule has 2 unspecified atom stereocenters. The van der Waals surface area contributed by atoms with Gasteiger partial charge in [-0.2, -0.15) is 0 Å². The molecule has 1 aromatic heterocycles. The van der Waals surface area contributed by atoms with Crippen LogP contribution in [0.2, 0.25) is 0 Å². The van der Waals surface area contributed by atoms with Gasteiger partial charge in [0.1, 0.15) is 5.76 Å². The Hall–Kier alpha value is -0.760. The molecule has 0 radical (unpaired) electrons. The first kappa shape index (κ1) is 10.7. The fraction of sp³-hybridized carbons (Fsp3) is 0.692. The predicted octanol–water partition coefficient (Wildman–Crippen LogP) is 3.51. The summed E-state index contributed by atoms with van der Waals surface area (Å²) in [5, 5.41) is 3.69. The zero-order valence-corrected chi connectivity index (χ0v) is 9.70. The normalized spacial score (nSPS) is 20.1. The summed E-state index contributed by atoms with van der Waals surface area (Å²) >= 11 is 0. The van der Waals surface area contributed by atoms with Gasteiger partial charge in [-0.3, -0.25) is 0 Å². The summed E-state index contributed by atoms with van der Waals surface area (Å²) < 4.78 is 5.41. The molecular formula is C13H21NO. The molecule has 1 aliphatic carbocycles. The summed E-state index contributed by atoms with van der Waals surface area (Å²) in [6, 6.07) is 5.04. The van der Waals surface area contributed by atoms with Crippen molar-refractivity contribution >= 4 is 0 Å². The Kier molecular flexibility index (Phi) is 3.47. The third-order valence-electron chi connectivity index (χ3n) is 3.22. The van der Waals surface area contributed by atoms with Crippen LogP contribution in [0.4, 0.5) is 0 Å². The Morgan fingerprint density at radius 2 is 2.33 bits per heavy atom. The van der Waals surface area contributed by atoms with E-state index in [0.717, 1.165) is 11.7 Å². The van der Waals surface area contributed by atoms with Gasteiger partial charge in [0, 0.05) is 6.04 Å². The van der Waals surface area contributed by atoms with Crippen LogP contribution in [0.1, 0.15) is 51.3 Å². The van der Waals surface area contributed by atoms with Crippen LogP contribution in [-0.2, 0) is 0 Å². The fourth-order valence-corrected chi connectivity index (χ4v) is 2.21. The van der Waals surface area contributed by atoms with Gasteiger partial charge in [-0.05, 0) is 44.2 Å². The topological polar surface area (TPSA) is 25.2 Å². The number of hydrogen-bond donors (Lipinski definition) is 1. The summed E-state index contributed by atoms with van der Waals surface area (Å²) in [5.74, 6) is 1.97. The number of nitrogens with one attached hydrogen (secondary N) is 1. The average molecular weight is 207 g/mol. The van der Waals surface area contributed by atoms with Crippen LogP contribution in [0.15, 0.2) is 22.8 Å². The van der Waals surface area contributed by atoms with E-state index in [2.05, 4.69) is 19.2 Å². The molecule has 2 atom stereocenters. The molecule has 1 aromatic rings. The number of furan rings is 1. The smallest absolute Gasteiger partial charge is 0.120 e. The Morgan fingerprint density at radius 3 is 2.87 bits per heavy atom. The minimum absolute atomic E-state index is 0.345. The van der Waals surface area contributed by atoms with Crippen molar-refractivity contribution in [3.8, 4) is 0 Å². The minimum atomic E-state index is 0.345. The first-order valence-electron chi connectivity index (χ1n) is 6.10. The van der Waals surface area contributed by atoms with Crippen molar-refractivity contribution in [3.63, 3.8) is 0 Å².